The molecule has 1 aromatic carbocycles. The summed E-state index contributed by atoms with van der Waals surface area (Å²) in [6.45, 7) is 6.03. The molecular weight excluding hydrogens is 258 g/mol. The SMILES string of the molecule is C=C(/C=C/C1CC1)Nc1nc(-c2ccccc2)ncc1C. The van der Waals surface area contributed by atoms with Crippen molar-refractivity contribution in [2.45, 2.75) is 19.8 Å². The highest BCUT2D eigenvalue weighted by Crippen LogP contribution is 2.30. The third kappa shape index (κ3) is 3.57. The zero-order chi connectivity index (χ0) is 14.7. The van der Waals surface area contributed by atoms with Crippen LogP contribution >= 0.6 is 0 Å². The lowest BCUT2D eigenvalue weighted by atomic mass is 10.2. The summed E-state index contributed by atoms with van der Waals surface area (Å²) in [7, 11) is 0. The summed E-state index contributed by atoms with van der Waals surface area (Å²) in [6.07, 6.45) is 8.70. The third-order valence-electron chi connectivity index (χ3n) is 3.47. The van der Waals surface area contributed by atoms with E-state index in [0.717, 1.165) is 34.4 Å². The van der Waals surface area contributed by atoms with E-state index >= 15 is 0 Å². The predicted octanol–water partition coefficient (Wildman–Crippen LogP) is 4.34. The molecule has 0 amide bonds. The summed E-state index contributed by atoms with van der Waals surface area (Å²) in [4.78, 5) is 9.01. The monoisotopic (exact) mass is 277 g/mol. The Hall–Kier alpha value is -2.42. The Balaban J connectivity index is 1.79. The first-order chi connectivity index (χ1) is 10.2. The minimum atomic E-state index is 0.725. The number of anilines is 1. The highest BCUT2D eigenvalue weighted by Gasteiger charge is 2.17. The van der Waals surface area contributed by atoms with Gasteiger partial charge in [-0.2, -0.15) is 0 Å². The Morgan fingerprint density at radius 2 is 2.05 bits per heavy atom. The Labute approximate surface area is 125 Å². The normalized spacial score (nSPS) is 14.3. The zero-order valence-electron chi connectivity index (χ0n) is 12.2. The predicted molar refractivity (Wildman–Crippen MR) is 86.8 cm³/mol. The Morgan fingerprint density at radius 3 is 2.76 bits per heavy atom. The smallest absolute Gasteiger partial charge is 0.161 e. The lowest BCUT2D eigenvalue weighted by molar-refractivity contribution is 1.11. The zero-order valence-corrected chi connectivity index (χ0v) is 12.2. The standard InChI is InChI=1S/C18H19N3/c1-13-12-19-18(16-6-4-3-5-7-16)21-17(13)20-14(2)8-9-15-10-11-15/h3-9,12,15H,2,10-11H2,1H3,(H,19,20,21)/b9-8+. The van der Waals surface area contributed by atoms with E-state index in [1.807, 2.05) is 49.5 Å². The quantitative estimate of drug-likeness (QED) is 0.826. The van der Waals surface area contributed by atoms with E-state index < -0.39 is 0 Å². The fourth-order valence-corrected chi connectivity index (χ4v) is 2.03. The largest absolute Gasteiger partial charge is 0.340 e. The molecule has 3 rings (SSSR count). The summed E-state index contributed by atoms with van der Waals surface area (Å²) >= 11 is 0. The first kappa shape index (κ1) is 13.6. The number of hydrogen-bond acceptors (Lipinski definition) is 3. The van der Waals surface area contributed by atoms with Gasteiger partial charge in [-0.05, 0) is 31.8 Å². The lowest BCUT2D eigenvalue weighted by Crippen LogP contribution is -2.02. The van der Waals surface area contributed by atoms with Gasteiger partial charge < -0.3 is 5.32 Å². The van der Waals surface area contributed by atoms with Crippen LogP contribution in [0.1, 0.15) is 18.4 Å². The van der Waals surface area contributed by atoms with Gasteiger partial charge in [0.1, 0.15) is 5.82 Å². The maximum absolute atomic E-state index is 4.61. The highest BCUT2D eigenvalue weighted by atomic mass is 15.0. The van der Waals surface area contributed by atoms with E-state index in [-0.39, 0.29) is 0 Å². The number of nitrogens with one attached hydrogen (secondary N) is 1. The van der Waals surface area contributed by atoms with Gasteiger partial charge in [-0.3, -0.25) is 0 Å². The summed E-state index contributed by atoms with van der Waals surface area (Å²) < 4.78 is 0. The Bertz CT molecular complexity index is 670. The molecule has 21 heavy (non-hydrogen) atoms. The topological polar surface area (TPSA) is 37.8 Å². The van der Waals surface area contributed by atoms with Crippen LogP contribution in [0.4, 0.5) is 5.82 Å². The van der Waals surface area contributed by atoms with Crippen molar-refractivity contribution >= 4 is 5.82 Å². The number of rotatable bonds is 5. The molecule has 0 radical (unpaired) electrons. The van der Waals surface area contributed by atoms with Crippen LogP contribution in [0.2, 0.25) is 0 Å². The van der Waals surface area contributed by atoms with Crippen LogP contribution in [0.25, 0.3) is 11.4 Å². The van der Waals surface area contributed by atoms with E-state index in [0.29, 0.717) is 0 Å². The first-order valence-corrected chi connectivity index (χ1v) is 7.25. The second-order valence-electron chi connectivity index (χ2n) is 5.44. The van der Waals surface area contributed by atoms with Gasteiger partial charge in [0.2, 0.25) is 0 Å². The van der Waals surface area contributed by atoms with E-state index in [2.05, 4.69) is 27.9 Å². The average Bonchev–Trinajstić information content (AvgIpc) is 3.33. The van der Waals surface area contributed by atoms with Crippen molar-refractivity contribution in [3.05, 3.63) is 66.5 Å². The number of hydrogen-bond donors (Lipinski definition) is 1. The van der Waals surface area contributed by atoms with Crippen molar-refractivity contribution in [2.75, 3.05) is 5.32 Å². The minimum Gasteiger partial charge on any atom is -0.340 e. The van der Waals surface area contributed by atoms with Gasteiger partial charge in [0.25, 0.3) is 0 Å². The number of benzene rings is 1. The molecule has 3 heteroatoms. The first-order valence-electron chi connectivity index (χ1n) is 7.25. The molecule has 1 fully saturated rings. The fourth-order valence-electron chi connectivity index (χ4n) is 2.03. The lowest BCUT2D eigenvalue weighted by Gasteiger charge is -2.10. The molecule has 0 atom stereocenters. The summed E-state index contributed by atoms with van der Waals surface area (Å²) in [5, 5.41) is 3.27. The van der Waals surface area contributed by atoms with Crippen molar-refractivity contribution in [1.82, 2.24) is 9.97 Å². The van der Waals surface area contributed by atoms with E-state index in [4.69, 9.17) is 0 Å². The molecule has 1 saturated carbocycles. The molecule has 0 unspecified atom stereocenters. The summed E-state index contributed by atoms with van der Waals surface area (Å²) in [5.41, 5.74) is 2.89. The van der Waals surface area contributed by atoms with Gasteiger partial charge in [-0.25, -0.2) is 9.97 Å². The Kier molecular flexibility index (Phi) is 3.82. The summed E-state index contributed by atoms with van der Waals surface area (Å²) in [5.74, 6) is 2.28. The number of aromatic nitrogens is 2. The van der Waals surface area contributed by atoms with E-state index in [1.54, 1.807) is 0 Å². The van der Waals surface area contributed by atoms with Crippen LogP contribution in [0, 0.1) is 12.8 Å². The molecular formula is C18H19N3. The second-order valence-corrected chi connectivity index (χ2v) is 5.44. The van der Waals surface area contributed by atoms with Crippen molar-refractivity contribution < 1.29 is 0 Å². The van der Waals surface area contributed by atoms with Crippen molar-refractivity contribution in [3.8, 4) is 11.4 Å². The van der Waals surface area contributed by atoms with Gasteiger partial charge in [0.05, 0.1) is 0 Å². The molecule has 0 saturated heterocycles. The van der Waals surface area contributed by atoms with Crippen LogP contribution in [-0.2, 0) is 0 Å². The van der Waals surface area contributed by atoms with E-state index in [1.165, 1.54) is 12.8 Å². The fraction of sp³-hybridized carbons (Fsp3) is 0.222. The van der Waals surface area contributed by atoms with Crippen molar-refractivity contribution in [3.63, 3.8) is 0 Å². The van der Waals surface area contributed by atoms with Crippen LogP contribution in [0.5, 0.6) is 0 Å². The van der Waals surface area contributed by atoms with Gasteiger partial charge in [-0.15, -0.1) is 0 Å². The molecule has 0 spiro atoms. The van der Waals surface area contributed by atoms with Gasteiger partial charge in [-0.1, -0.05) is 43.0 Å². The van der Waals surface area contributed by atoms with Crippen molar-refractivity contribution in [1.29, 1.82) is 0 Å². The minimum absolute atomic E-state index is 0.725. The van der Waals surface area contributed by atoms with Crippen LogP contribution in [0.15, 0.2) is 61.0 Å². The molecule has 1 aliphatic rings. The highest BCUT2D eigenvalue weighted by molar-refractivity contribution is 5.59. The van der Waals surface area contributed by atoms with Crippen LogP contribution < -0.4 is 5.32 Å². The van der Waals surface area contributed by atoms with Crippen molar-refractivity contribution in [2.24, 2.45) is 5.92 Å². The third-order valence-corrected chi connectivity index (χ3v) is 3.47. The molecule has 0 aliphatic heterocycles. The number of aryl methyl sites for hydroxylation is 1. The molecule has 1 aromatic heterocycles. The second kappa shape index (κ2) is 5.92. The van der Waals surface area contributed by atoms with Crippen LogP contribution in [-0.4, -0.2) is 9.97 Å². The molecule has 2 aromatic rings. The Morgan fingerprint density at radius 1 is 1.29 bits per heavy atom. The molecule has 106 valence electrons. The number of nitrogens with zero attached hydrogens (tertiary/aromatic N) is 2. The van der Waals surface area contributed by atoms with Gasteiger partial charge in [0, 0.05) is 23.0 Å². The van der Waals surface area contributed by atoms with Gasteiger partial charge in [0.15, 0.2) is 5.82 Å². The molecule has 1 aliphatic carbocycles. The van der Waals surface area contributed by atoms with Gasteiger partial charge >= 0.3 is 0 Å². The van der Waals surface area contributed by atoms with Crippen LogP contribution in [0.3, 0.4) is 0 Å². The molecule has 1 N–H and O–H groups in total. The molecule has 1 heterocycles. The average molecular weight is 277 g/mol. The molecule has 0 bridgehead atoms. The van der Waals surface area contributed by atoms with E-state index in [9.17, 15) is 0 Å². The summed E-state index contributed by atoms with van der Waals surface area (Å²) in [6, 6.07) is 9.99. The number of allylic oxidation sites excluding steroid dienone is 2. The maximum Gasteiger partial charge on any atom is 0.161 e. The molecule has 3 nitrogen and oxygen atoms in total. The maximum atomic E-state index is 4.61.